The molecule has 35 heavy (non-hydrogen) atoms. The van der Waals surface area contributed by atoms with Gasteiger partial charge in [0.15, 0.2) is 0 Å². The van der Waals surface area contributed by atoms with Crippen LogP contribution >= 0.6 is 0 Å². The predicted molar refractivity (Wildman–Crippen MR) is 131 cm³/mol. The first-order chi connectivity index (χ1) is 16.7. The van der Waals surface area contributed by atoms with E-state index in [4.69, 9.17) is 0 Å². The van der Waals surface area contributed by atoms with Crippen LogP contribution in [0.1, 0.15) is 37.5 Å². The molecule has 0 radical (unpaired) electrons. The number of benzene rings is 3. The van der Waals surface area contributed by atoms with Gasteiger partial charge in [-0.3, -0.25) is 9.48 Å². The van der Waals surface area contributed by atoms with Crippen LogP contribution in [0.25, 0.3) is 11.3 Å². The van der Waals surface area contributed by atoms with Crippen LogP contribution in [-0.2, 0) is 16.6 Å². The molecule has 0 spiro atoms. The van der Waals surface area contributed by atoms with Crippen molar-refractivity contribution in [2.45, 2.75) is 25.3 Å². The smallest absolute Gasteiger partial charge is 0.335 e. The van der Waals surface area contributed by atoms with Crippen LogP contribution in [0.4, 0.5) is 0 Å². The molecule has 0 atom stereocenters. The molecule has 8 nitrogen and oxygen atoms in total. The lowest BCUT2D eigenvalue weighted by Crippen LogP contribution is -2.32. The van der Waals surface area contributed by atoms with E-state index >= 15 is 0 Å². The van der Waals surface area contributed by atoms with Gasteiger partial charge in [-0.15, -0.1) is 0 Å². The molecule has 4 aromatic rings. The zero-order valence-corrected chi connectivity index (χ0v) is 19.9. The molecule has 1 amide bonds. The zero-order chi connectivity index (χ0) is 25.2. The van der Waals surface area contributed by atoms with Crippen LogP contribution in [0.2, 0.25) is 0 Å². The number of sulfonamides is 1. The van der Waals surface area contributed by atoms with Crippen molar-refractivity contribution in [1.82, 2.24) is 14.5 Å². The average molecular weight is 490 g/mol. The van der Waals surface area contributed by atoms with E-state index in [9.17, 15) is 23.1 Å². The summed E-state index contributed by atoms with van der Waals surface area (Å²) in [6.07, 6.45) is 0. The summed E-state index contributed by atoms with van der Waals surface area (Å²) in [6.45, 7) is 4.12. The second-order valence-electron chi connectivity index (χ2n) is 8.08. The summed E-state index contributed by atoms with van der Waals surface area (Å²) < 4.78 is 29.1. The van der Waals surface area contributed by atoms with Crippen molar-refractivity contribution >= 4 is 21.9 Å². The summed E-state index contributed by atoms with van der Waals surface area (Å²) in [5.74, 6) is -1.93. The van der Waals surface area contributed by atoms with Crippen molar-refractivity contribution in [3.63, 3.8) is 0 Å². The SMILES string of the molecule is Cc1cccc(C)c1Cn1nc(-c2cccc(C(=O)O)c2)cc1C(=O)NS(=O)(=O)c1ccccc1. The average Bonchev–Trinajstić information content (AvgIpc) is 3.26. The quantitative estimate of drug-likeness (QED) is 0.405. The molecule has 0 fully saturated rings. The maximum atomic E-state index is 13.2. The maximum Gasteiger partial charge on any atom is 0.335 e. The molecular weight excluding hydrogens is 466 g/mol. The molecule has 178 valence electrons. The predicted octanol–water partition coefficient (Wildman–Crippen LogP) is 4.03. The van der Waals surface area contributed by atoms with Gasteiger partial charge in [-0.05, 0) is 60.9 Å². The zero-order valence-electron chi connectivity index (χ0n) is 19.1. The molecule has 0 saturated heterocycles. The van der Waals surface area contributed by atoms with Crippen LogP contribution < -0.4 is 4.72 Å². The second kappa shape index (κ2) is 9.55. The number of carbonyl (C=O) groups excluding carboxylic acids is 1. The molecule has 1 heterocycles. The molecule has 3 aromatic carbocycles. The van der Waals surface area contributed by atoms with E-state index in [1.807, 2.05) is 32.0 Å². The molecule has 0 aliphatic rings. The Balaban J connectivity index is 1.78. The van der Waals surface area contributed by atoms with E-state index in [-0.39, 0.29) is 22.7 Å². The summed E-state index contributed by atoms with van der Waals surface area (Å²) in [7, 11) is -4.11. The van der Waals surface area contributed by atoms with E-state index in [0.717, 1.165) is 16.7 Å². The maximum absolute atomic E-state index is 13.2. The highest BCUT2D eigenvalue weighted by molar-refractivity contribution is 7.90. The number of aromatic carboxylic acids is 1. The van der Waals surface area contributed by atoms with E-state index in [2.05, 4.69) is 9.82 Å². The molecule has 9 heteroatoms. The fraction of sp³-hybridized carbons (Fsp3) is 0.115. The first kappa shape index (κ1) is 23.9. The highest BCUT2D eigenvalue weighted by atomic mass is 32.2. The van der Waals surface area contributed by atoms with Crippen LogP contribution in [0, 0.1) is 13.8 Å². The van der Waals surface area contributed by atoms with Crippen molar-refractivity contribution in [2.75, 3.05) is 0 Å². The summed E-state index contributed by atoms with van der Waals surface area (Å²) in [6, 6.07) is 21.1. The Hall–Kier alpha value is -4.24. The van der Waals surface area contributed by atoms with Gasteiger partial charge in [0.2, 0.25) is 0 Å². The molecule has 0 unspecified atom stereocenters. The number of carboxylic acids is 1. The second-order valence-corrected chi connectivity index (χ2v) is 9.76. The first-order valence-electron chi connectivity index (χ1n) is 10.7. The number of nitrogens with zero attached hydrogens (tertiary/aromatic N) is 2. The highest BCUT2D eigenvalue weighted by Gasteiger charge is 2.23. The lowest BCUT2D eigenvalue weighted by atomic mass is 10.0. The standard InChI is InChI=1S/C26H23N3O5S/c1-17-8-6-9-18(2)22(17)16-29-24(25(30)28-35(33,34)21-12-4-3-5-13-21)15-23(27-29)19-10-7-11-20(14-19)26(31)32/h3-15H,16H2,1-2H3,(H,28,30)(H,31,32). The Morgan fingerprint density at radius 2 is 1.57 bits per heavy atom. The Morgan fingerprint density at radius 1 is 0.914 bits per heavy atom. The van der Waals surface area contributed by atoms with Crippen LogP contribution in [0.5, 0.6) is 0 Å². The highest BCUT2D eigenvalue weighted by Crippen LogP contribution is 2.23. The minimum Gasteiger partial charge on any atom is -0.478 e. The Kier molecular flexibility index (Phi) is 6.52. The molecular formula is C26H23N3O5S. The van der Waals surface area contributed by atoms with Crippen LogP contribution in [0.15, 0.2) is 83.8 Å². The number of aryl methyl sites for hydroxylation is 2. The molecule has 1 aromatic heterocycles. The molecule has 0 bridgehead atoms. The first-order valence-corrected chi connectivity index (χ1v) is 12.2. The van der Waals surface area contributed by atoms with Gasteiger partial charge in [0, 0.05) is 5.56 Å². The van der Waals surface area contributed by atoms with Gasteiger partial charge in [-0.25, -0.2) is 17.9 Å². The topological polar surface area (TPSA) is 118 Å². The van der Waals surface area contributed by atoms with E-state index in [1.165, 1.54) is 35.0 Å². The summed E-state index contributed by atoms with van der Waals surface area (Å²) in [5, 5.41) is 13.9. The van der Waals surface area contributed by atoms with Crippen molar-refractivity contribution in [3.8, 4) is 11.3 Å². The number of rotatable bonds is 7. The summed E-state index contributed by atoms with van der Waals surface area (Å²) in [5.41, 5.74) is 3.89. The molecule has 0 aliphatic carbocycles. The minimum atomic E-state index is -4.11. The number of hydrogen-bond acceptors (Lipinski definition) is 5. The van der Waals surface area contributed by atoms with Crippen molar-refractivity contribution in [3.05, 3.63) is 107 Å². The van der Waals surface area contributed by atoms with Crippen molar-refractivity contribution in [2.24, 2.45) is 0 Å². The number of carboxylic acid groups (broad SMARTS) is 1. The van der Waals surface area contributed by atoms with Gasteiger partial charge >= 0.3 is 5.97 Å². The van der Waals surface area contributed by atoms with Gasteiger partial charge in [0.25, 0.3) is 15.9 Å². The largest absolute Gasteiger partial charge is 0.478 e. The van der Waals surface area contributed by atoms with E-state index < -0.39 is 21.9 Å². The summed E-state index contributed by atoms with van der Waals surface area (Å²) in [4.78, 5) is 24.6. The minimum absolute atomic E-state index is 0.0305. The van der Waals surface area contributed by atoms with Crippen LogP contribution in [0.3, 0.4) is 0 Å². The Morgan fingerprint density at radius 3 is 2.23 bits per heavy atom. The number of carbonyl (C=O) groups is 2. The van der Waals surface area contributed by atoms with Crippen molar-refractivity contribution in [1.29, 1.82) is 0 Å². The normalized spacial score (nSPS) is 11.3. The third-order valence-corrected chi connectivity index (χ3v) is 7.00. The van der Waals surface area contributed by atoms with Gasteiger partial charge in [-0.1, -0.05) is 48.5 Å². The lowest BCUT2D eigenvalue weighted by Gasteiger charge is -2.13. The number of nitrogens with one attached hydrogen (secondary N) is 1. The fourth-order valence-electron chi connectivity index (χ4n) is 3.75. The van der Waals surface area contributed by atoms with Crippen LogP contribution in [-0.4, -0.2) is 35.2 Å². The van der Waals surface area contributed by atoms with Gasteiger partial charge in [-0.2, -0.15) is 5.10 Å². The Labute approximate surface area is 202 Å². The number of hydrogen-bond donors (Lipinski definition) is 2. The Bertz CT molecular complexity index is 1510. The third kappa shape index (κ3) is 5.15. The lowest BCUT2D eigenvalue weighted by molar-refractivity contribution is 0.0696. The van der Waals surface area contributed by atoms with Crippen molar-refractivity contribution < 1.29 is 23.1 Å². The van der Waals surface area contributed by atoms with Gasteiger partial charge in [0.05, 0.1) is 22.7 Å². The molecule has 0 aliphatic heterocycles. The summed E-state index contributed by atoms with van der Waals surface area (Å²) >= 11 is 0. The molecule has 0 saturated carbocycles. The van der Waals surface area contributed by atoms with Gasteiger partial charge in [0.1, 0.15) is 5.69 Å². The monoisotopic (exact) mass is 489 g/mol. The molecule has 4 rings (SSSR count). The fourth-order valence-corrected chi connectivity index (χ4v) is 4.74. The third-order valence-electron chi connectivity index (χ3n) is 5.65. The van der Waals surface area contributed by atoms with E-state index in [1.54, 1.807) is 30.3 Å². The molecule has 2 N–H and O–H groups in total. The number of aromatic nitrogens is 2. The van der Waals surface area contributed by atoms with E-state index in [0.29, 0.717) is 11.3 Å². The number of amides is 1. The van der Waals surface area contributed by atoms with Gasteiger partial charge < -0.3 is 5.11 Å².